The average Bonchev–Trinajstić information content (AvgIpc) is 2.85. The summed E-state index contributed by atoms with van der Waals surface area (Å²) in [6.07, 6.45) is 4.17. The van der Waals surface area contributed by atoms with Gasteiger partial charge in [0.15, 0.2) is 0 Å². The van der Waals surface area contributed by atoms with Crippen molar-refractivity contribution in [1.29, 1.82) is 0 Å². The normalized spacial score (nSPS) is 19.8. The Kier molecular flexibility index (Phi) is 6.90. The maximum atomic E-state index is 13.2. The lowest BCUT2D eigenvalue weighted by Crippen LogP contribution is -2.48. The van der Waals surface area contributed by atoms with Crippen LogP contribution in [0.15, 0.2) is 54.6 Å². The molecule has 4 rings (SSSR count). The van der Waals surface area contributed by atoms with Crippen molar-refractivity contribution >= 4 is 11.8 Å². The van der Waals surface area contributed by atoms with E-state index in [-0.39, 0.29) is 17.7 Å². The molecule has 0 radical (unpaired) electrons. The molecular weight excluding hydrogens is 388 g/mol. The number of hydrogen-bond acceptors (Lipinski definition) is 3. The van der Waals surface area contributed by atoms with Crippen LogP contribution in [-0.2, 0) is 16.0 Å². The summed E-state index contributed by atoms with van der Waals surface area (Å²) in [7, 11) is 1.63. The fraction of sp³-hybridized carbons (Fsp3) is 0.462. The average molecular weight is 421 g/mol. The summed E-state index contributed by atoms with van der Waals surface area (Å²) in [6.45, 7) is 2.92. The van der Waals surface area contributed by atoms with Gasteiger partial charge in [0, 0.05) is 26.2 Å². The van der Waals surface area contributed by atoms with E-state index in [1.807, 2.05) is 40.1 Å². The molecular formula is C26H32N2O3. The number of hydrogen-bond donors (Lipinski definition) is 0. The van der Waals surface area contributed by atoms with Crippen molar-refractivity contribution < 1.29 is 14.3 Å². The SMILES string of the molecule is COc1ccc(CC(=O)N2CCCC(C(=O)N3CCC(c4ccccc4)CC3)C2)cc1. The number of nitrogens with zero attached hydrogens (tertiary/aromatic N) is 2. The summed E-state index contributed by atoms with van der Waals surface area (Å²) in [5, 5.41) is 0. The van der Waals surface area contributed by atoms with Crippen molar-refractivity contribution in [2.24, 2.45) is 5.92 Å². The Balaban J connectivity index is 1.29. The fourth-order valence-corrected chi connectivity index (χ4v) is 4.85. The zero-order valence-electron chi connectivity index (χ0n) is 18.3. The van der Waals surface area contributed by atoms with Gasteiger partial charge in [0.05, 0.1) is 19.4 Å². The molecule has 2 aliphatic rings. The van der Waals surface area contributed by atoms with Gasteiger partial charge in [0.25, 0.3) is 0 Å². The molecule has 1 unspecified atom stereocenters. The van der Waals surface area contributed by atoms with Crippen molar-refractivity contribution in [1.82, 2.24) is 9.80 Å². The van der Waals surface area contributed by atoms with Crippen molar-refractivity contribution in [3.8, 4) is 5.75 Å². The molecule has 1 atom stereocenters. The van der Waals surface area contributed by atoms with Gasteiger partial charge in [-0.3, -0.25) is 9.59 Å². The first kappa shape index (κ1) is 21.4. The van der Waals surface area contributed by atoms with Crippen LogP contribution in [0, 0.1) is 5.92 Å². The van der Waals surface area contributed by atoms with Crippen LogP contribution in [0.3, 0.4) is 0 Å². The van der Waals surface area contributed by atoms with Gasteiger partial charge in [0.2, 0.25) is 11.8 Å². The lowest BCUT2D eigenvalue weighted by molar-refractivity contribution is -0.141. The van der Waals surface area contributed by atoms with E-state index in [1.165, 1.54) is 5.56 Å². The van der Waals surface area contributed by atoms with E-state index in [2.05, 4.69) is 24.3 Å². The highest BCUT2D eigenvalue weighted by atomic mass is 16.5. The van der Waals surface area contributed by atoms with E-state index in [9.17, 15) is 9.59 Å². The molecule has 5 heteroatoms. The monoisotopic (exact) mass is 420 g/mol. The van der Waals surface area contributed by atoms with Crippen LogP contribution in [-0.4, -0.2) is 54.9 Å². The highest BCUT2D eigenvalue weighted by Gasteiger charge is 2.33. The molecule has 0 bridgehead atoms. The Morgan fingerprint density at radius 3 is 2.29 bits per heavy atom. The van der Waals surface area contributed by atoms with E-state index in [0.29, 0.717) is 18.9 Å². The van der Waals surface area contributed by atoms with Crippen LogP contribution in [0.25, 0.3) is 0 Å². The van der Waals surface area contributed by atoms with Gasteiger partial charge in [-0.05, 0) is 54.9 Å². The Hall–Kier alpha value is -2.82. The fourth-order valence-electron chi connectivity index (χ4n) is 4.85. The molecule has 2 fully saturated rings. The number of carbonyl (C=O) groups excluding carboxylic acids is 2. The predicted molar refractivity (Wildman–Crippen MR) is 121 cm³/mol. The summed E-state index contributed by atoms with van der Waals surface area (Å²) < 4.78 is 5.18. The van der Waals surface area contributed by atoms with Gasteiger partial charge < -0.3 is 14.5 Å². The van der Waals surface area contributed by atoms with Gasteiger partial charge in [0.1, 0.15) is 5.75 Å². The smallest absolute Gasteiger partial charge is 0.227 e. The van der Waals surface area contributed by atoms with Crippen molar-refractivity contribution in [2.75, 3.05) is 33.3 Å². The molecule has 0 spiro atoms. The number of piperidine rings is 2. The minimum atomic E-state index is -0.0677. The van der Waals surface area contributed by atoms with Gasteiger partial charge in [-0.15, -0.1) is 0 Å². The molecule has 2 amide bonds. The summed E-state index contributed by atoms with van der Waals surface area (Å²) in [6, 6.07) is 18.2. The number of benzene rings is 2. The van der Waals surface area contributed by atoms with Gasteiger partial charge >= 0.3 is 0 Å². The number of amides is 2. The van der Waals surface area contributed by atoms with Gasteiger partial charge in [-0.2, -0.15) is 0 Å². The Labute approximate surface area is 185 Å². The second-order valence-corrected chi connectivity index (χ2v) is 8.71. The second-order valence-electron chi connectivity index (χ2n) is 8.71. The molecule has 2 aromatic carbocycles. The maximum absolute atomic E-state index is 13.2. The van der Waals surface area contributed by atoms with E-state index in [0.717, 1.165) is 56.6 Å². The van der Waals surface area contributed by atoms with Crippen LogP contribution in [0.5, 0.6) is 5.75 Å². The number of carbonyl (C=O) groups is 2. The zero-order valence-corrected chi connectivity index (χ0v) is 18.3. The first-order valence-corrected chi connectivity index (χ1v) is 11.4. The first-order chi connectivity index (χ1) is 15.1. The van der Waals surface area contributed by atoms with Gasteiger partial charge in [-0.1, -0.05) is 42.5 Å². The summed E-state index contributed by atoms with van der Waals surface area (Å²) in [4.78, 5) is 29.9. The van der Waals surface area contributed by atoms with E-state index in [4.69, 9.17) is 4.74 Å². The lowest BCUT2D eigenvalue weighted by Gasteiger charge is -2.38. The standard InChI is InChI=1S/C26H32N2O3/c1-31-24-11-9-20(10-12-24)18-25(29)28-15-5-8-23(19-28)26(30)27-16-13-22(14-17-27)21-6-3-2-4-7-21/h2-4,6-7,9-12,22-23H,5,8,13-19H2,1H3. The van der Waals surface area contributed by atoms with E-state index >= 15 is 0 Å². The zero-order chi connectivity index (χ0) is 21.6. The van der Waals surface area contributed by atoms with Crippen LogP contribution >= 0.6 is 0 Å². The Morgan fingerprint density at radius 1 is 0.903 bits per heavy atom. The van der Waals surface area contributed by atoms with E-state index < -0.39 is 0 Å². The van der Waals surface area contributed by atoms with Crippen molar-refractivity contribution in [3.63, 3.8) is 0 Å². The number of methoxy groups -OCH3 is 1. The Bertz CT molecular complexity index is 873. The minimum absolute atomic E-state index is 0.0677. The summed E-state index contributed by atoms with van der Waals surface area (Å²) in [5.74, 6) is 1.59. The highest BCUT2D eigenvalue weighted by molar-refractivity contribution is 5.82. The number of ether oxygens (including phenoxy) is 1. The molecule has 2 heterocycles. The lowest BCUT2D eigenvalue weighted by atomic mass is 9.88. The molecule has 0 aromatic heterocycles. The molecule has 0 aliphatic carbocycles. The third-order valence-electron chi connectivity index (χ3n) is 6.72. The predicted octanol–water partition coefficient (Wildman–Crippen LogP) is 3.88. The van der Waals surface area contributed by atoms with Crippen LogP contribution in [0.4, 0.5) is 0 Å². The second kappa shape index (κ2) is 9.99. The molecule has 2 aromatic rings. The molecule has 2 saturated heterocycles. The first-order valence-electron chi connectivity index (χ1n) is 11.4. The molecule has 164 valence electrons. The molecule has 31 heavy (non-hydrogen) atoms. The number of rotatable bonds is 5. The molecule has 2 aliphatic heterocycles. The van der Waals surface area contributed by atoms with E-state index in [1.54, 1.807) is 7.11 Å². The number of likely N-dealkylation sites (tertiary alicyclic amines) is 2. The highest BCUT2D eigenvalue weighted by Crippen LogP contribution is 2.29. The topological polar surface area (TPSA) is 49.9 Å². The maximum Gasteiger partial charge on any atom is 0.227 e. The van der Waals surface area contributed by atoms with Crippen molar-refractivity contribution in [3.05, 3.63) is 65.7 Å². The molecule has 0 N–H and O–H groups in total. The largest absolute Gasteiger partial charge is 0.497 e. The molecule has 5 nitrogen and oxygen atoms in total. The van der Waals surface area contributed by atoms with Gasteiger partial charge in [-0.25, -0.2) is 0 Å². The van der Waals surface area contributed by atoms with Crippen LogP contribution in [0.2, 0.25) is 0 Å². The third-order valence-corrected chi connectivity index (χ3v) is 6.72. The van der Waals surface area contributed by atoms with Crippen molar-refractivity contribution in [2.45, 2.75) is 38.0 Å². The summed E-state index contributed by atoms with van der Waals surface area (Å²) in [5.41, 5.74) is 2.35. The van der Waals surface area contributed by atoms with Crippen LogP contribution in [0.1, 0.15) is 42.7 Å². The Morgan fingerprint density at radius 2 is 1.61 bits per heavy atom. The molecule has 0 saturated carbocycles. The third kappa shape index (κ3) is 5.27. The van der Waals surface area contributed by atoms with Crippen LogP contribution < -0.4 is 4.74 Å². The summed E-state index contributed by atoms with van der Waals surface area (Å²) >= 11 is 0. The minimum Gasteiger partial charge on any atom is -0.497 e. The quantitative estimate of drug-likeness (QED) is 0.738.